The first-order valence-electron chi connectivity index (χ1n) is 7.87. The Hall–Kier alpha value is -2.54. The highest BCUT2D eigenvalue weighted by molar-refractivity contribution is 5.75. The van der Waals surface area contributed by atoms with Gasteiger partial charge in [0.1, 0.15) is 5.82 Å². The monoisotopic (exact) mass is 309 g/mol. The summed E-state index contributed by atoms with van der Waals surface area (Å²) in [5, 5.41) is 7.78. The normalized spacial score (nSPS) is 18.2. The molecule has 0 bridgehead atoms. The maximum Gasteiger partial charge on any atom is 0.165 e. The van der Waals surface area contributed by atoms with Crippen LogP contribution in [0.1, 0.15) is 12.8 Å². The van der Waals surface area contributed by atoms with Crippen LogP contribution >= 0.6 is 0 Å². The van der Waals surface area contributed by atoms with Crippen LogP contribution in [0.15, 0.2) is 37.1 Å². The molecule has 0 amide bonds. The van der Waals surface area contributed by atoms with Gasteiger partial charge in [0, 0.05) is 38.2 Å². The van der Waals surface area contributed by atoms with Gasteiger partial charge in [0.15, 0.2) is 5.82 Å². The summed E-state index contributed by atoms with van der Waals surface area (Å²) in [7, 11) is 2.10. The minimum absolute atomic E-state index is 0.470. The van der Waals surface area contributed by atoms with E-state index in [9.17, 15) is 0 Å². The minimum Gasteiger partial charge on any atom is -0.355 e. The summed E-state index contributed by atoms with van der Waals surface area (Å²) in [4.78, 5) is 15.6. The molecule has 0 spiro atoms. The van der Waals surface area contributed by atoms with Gasteiger partial charge in [-0.05, 0) is 25.5 Å². The predicted octanol–water partition coefficient (Wildman–Crippen LogP) is 1.37. The van der Waals surface area contributed by atoms with E-state index in [-0.39, 0.29) is 0 Å². The molecular formula is C16H19N7. The number of anilines is 1. The number of aromatic nitrogens is 5. The Morgan fingerprint density at radius 1 is 1.30 bits per heavy atom. The van der Waals surface area contributed by atoms with E-state index in [0.29, 0.717) is 11.9 Å². The zero-order valence-corrected chi connectivity index (χ0v) is 13.1. The predicted molar refractivity (Wildman–Crippen MR) is 88.3 cm³/mol. The van der Waals surface area contributed by atoms with Crippen LogP contribution in [0.4, 0.5) is 5.82 Å². The van der Waals surface area contributed by atoms with Crippen molar-refractivity contribution in [2.75, 3.05) is 25.0 Å². The van der Waals surface area contributed by atoms with Crippen LogP contribution in [0.25, 0.3) is 16.9 Å². The van der Waals surface area contributed by atoms with Crippen molar-refractivity contribution in [2.45, 2.75) is 18.9 Å². The van der Waals surface area contributed by atoms with Gasteiger partial charge in [-0.25, -0.2) is 14.5 Å². The second-order valence-electron chi connectivity index (χ2n) is 5.81. The third-order valence-electron chi connectivity index (χ3n) is 4.39. The van der Waals surface area contributed by atoms with E-state index >= 15 is 0 Å². The Labute approximate surface area is 134 Å². The van der Waals surface area contributed by atoms with Crippen molar-refractivity contribution in [1.29, 1.82) is 0 Å². The lowest BCUT2D eigenvalue weighted by Crippen LogP contribution is -2.44. The molecule has 0 radical (unpaired) electrons. The lowest BCUT2D eigenvalue weighted by atomic mass is 10.1. The first-order valence-corrected chi connectivity index (χ1v) is 7.87. The topological polar surface area (TPSA) is 71.2 Å². The van der Waals surface area contributed by atoms with Crippen LogP contribution in [0.3, 0.4) is 0 Å². The van der Waals surface area contributed by atoms with Gasteiger partial charge in [-0.15, -0.1) is 0 Å². The van der Waals surface area contributed by atoms with Gasteiger partial charge in [-0.2, -0.15) is 5.10 Å². The van der Waals surface area contributed by atoms with Gasteiger partial charge in [0.2, 0.25) is 0 Å². The van der Waals surface area contributed by atoms with E-state index in [2.05, 4.69) is 32.3 Å². The smallest absolute Gasteiger partial charge is 0.165 e. The first kappa shape index (κ1) is 14.1. The SMILES string of the molecule is CN(c1ccnc(-c2cnn3ccncc23)n1)C1CCCNC1. The molecule has 4 rings (SSSR count). The van der Waals surface area contributed by atoms with Crippen molar-refractivity contribution in [2.24, 2.45) is 0 Å². The van der Waals surface area contributed by atoms with E-state index in [0.717, 1.165) is 30.0 Å². The van der Waals surface area contributed by atoms with Crippen LogP contribution in [-0.4, -0.2) is 50.7 Å². The van der Waals surface area contributed by atoms with Crippen LogP contribution in [0.5, 0.6) is 0 Å². The number of piperidine rings is 1. The molecule has 1 N–H and O–H groups in total. The zero-order valence-electron chi connectivity index (χ0n) is 13.1. The highest BCUT2D eigenvalue weighted by Gasteiger charge is 2.20. The second-order valence-corrected chi connectivity index (χ2v) is 5.81. The molecule has 1 saturated heterocycles. The van der Waals surface area contributed by atoms with Gasteiger partial charge in [0.25, 0.3) is 0 Å². The molecule has 1 aliphatic heterocycles. The molecule has 7 nitrogen and oxygen atoms in total. The zero-order chi connectivity index (χ0) is 15.6. The molecule has 1 fully saturated rings. The van der Waals surface area contributed by atoms with Crippen LogP contribution in [-0.2, 0) is 0 Å². The summed E-state index contributed by atoms with van der Waals surface area (Å²) in [6.45, 7) is 2.10. The van der Waals surface area contributed by atoms with Crippen LogP contribution in [0, 0.1) is 0 Å². The van der Waals surface area contributed by atoms with Gasteiger partial charge in [-0.1, -0.05) is 0 Å². The Balaban J connectivity index is 1.68. The standard InChI is InChI=1S/C16H19N7/c1-22(12-3-2-5-17-9-12)15-4-6-19-16(21-15)13-10-20-23-8-7-18-11-14(13)23/h4,6-8,10-12,17H,2-3,5,9H2,1H3. The molecule has 1 unspecified atom stereocenters. The maximum atomic E-state index is 4.75. The third kappa shape index (κ3) is 2.63. The average Bonchev–Trinajstić information content (AvgIpc) is 3.06. The first-order chi connectivity index (χ1) is 11.3. The van der Waals surface area contributed by atoms with E-state index in [4.69, 9.17) is 4.98 Å². The quantitative estimate of drug-likeness (QED) is 0.788. The largest absolute Gasteiger partial charge is 0.355 e. The Kier molecular flexibility index (Phi) is 3.63. The number of rotatable bonds is 3. The molecule has 23 heavy (non-hydrogen) atoms. The van der Waals surface area contributed by atoms with Crippen LogP contribution < -0.4 is 10.2 Å². The number of nitrogens with zero attached hydrogens (tertiary/aromatic N) is 6. The van der Waals surface area contributed by atoms with Gasteiger partial charge in [0.05, 0.1) is 23.5 Å². The van der Waals surface area contributed by atoms with E-state index in [1.807, 2.05) is 18.5 Å². The van der Waals surface area contributed by atoms with Gasteiger partial charge < -0.3 is 10.2 Å². The second kappa shape index (κ2) is 5.92. The molecule has 0 aliphatic carbocycles. The number of likely N-dealkylation sites (N-methyl/N-ethyl adjacent to an activating group) is 1. The molecule has 4 heterocycles. The highest BCUT2D eigenvalue weighted by atomic mass is 15.2. The molecule has 0 saturated carbocycles. The van der Waals surface area contributed by atoms with Crippen molar-refractivity contribution in [3.05, 3.63) is 37.1 Å². The lowest BCUT2D eigenvalue weighted by molar-refractivity contribution is 0.443. The summed E-state index contributed by atoms with van der Waals surface area (Å²) >= 11 is 0. The van der Waals surface area contributed by atoms with Crippen molar-refractivity contribution in [3.63, 3.8) is 0 Å². The summed E-state index contributed by atoms with van der Waals surface area (Å²) in [6.07, 6.45) is 11.3. The molecule has 1 aliphatic rings. The fourth-order valence-corrected chi connectivity index (χ4v) is 3.03. The fourth-order valence-electron chi connectivity index (χ4n) is 3.03. The van der Waals surface area contributed by atoms with Crippen LogP contribution in [0.2, 0.25) is 0 Å². The van der Waals surface area contributed by atoms with Crippen molar-refractivity contribution in [3.8, 4) is 11.4 Å². The molecular weight excluding hydrogens is 290 g/mol. The molecule has 0 aromatic carbocycles. The number of hydrogen-bond acceptors (Lipinski definition) is 6. The Morgan fingerprint density at radius 2 is 2.26 bits per heavy atom. The average molecular weight is 309 g/mol. The van der Waals surface area contributed by atoms with Gasteiger partial charge >= 0.3 is 0 Å². The van der Waals surface area contributed by atoms with Gasteiger partial charge in [-0.3, -0.25) is 4.98 Å². The van der Waals surface area contributed by atoms with E-state index in [1.165, 1.54) is 12.8 Å². The Bertz CT molecular complexity index is 807. The third-order valence-corrected chi connectivity index (χ3v) is 4.39. The lowest BCUT2D eigenvalue weighted by Gasteiger charge is -2.32. The summed E-state index contributed by atoms with van der Waals surface area (Å²) < 4.78 is 1.78. The summed E-state index contributed by atoms with van der Waals surface area (Å²) in [5.41, 5.74) is 1.81. The molecule has 7 heteroatoms. The summed E-state index contributed by atoms with van der Waals surface area (Å²) in [5.74, 6) is 1.62. The minimum atomic E-state index is 0.470. The van der Waals surface area contributed by atoms with E-state index < -0.39 is 0 Å². The Morgan fingerprint density at radius 3 is 3.13 bits per heavy atom. The number of fused-ring (bicyclic) bond motifs is 1. The van der Waals surface area contributed by atoms with Crippen molar-refractivity contribution < 1.29 is 0 Å². The molecule has 1 atom stereocenters. The maximum absolute atomic E-state index is 4.75. The fraction of sp³-hybridized carbons (Fsp3) is 0.375. The van der Waals surface area contributed by atoms with Crippen molar-refractivity contribution in [1.82, 2.24) is 29.9 Å². The molecule has 3 aromatic rings. The molecule has 3 aromatic heterocycles. The summed E-state index contributed by atoms with van der Waals surface area (Å²) in [6, 6.07) is 2.43. The highest BCUT2D eigenvalue weighted by Crippen LogP contribution is 2.23. The number of nitrogens with one attached hydrogen (secondary N) is 1. The molecule has 118 valence electrons. The number of hydrogen-bond donors (Lipinski definition) is 1. The van der Waals surface area contributed by atoms with E-state index in [1.54, 1.807) is 23.1 Å². The van der Waals surface area contributed by atoms with Crippen molar-refractivity contribution >= 4 is 11.3 Å².